The molecule has 1 aliphatic carbocycles. The molecule has 0 bridgehead atoms. The van der Waals surface area contributed by atoms with Crippen molar-refractivity contribution < 1.29 is 9.53 Å². The van der Waals surface area contributed by atoms with Crippen molar-refractivity contribution in [2.75, 3.05) is 31.6 Å². The van der Waals surface area contributed by atoms with Crippen LogP contribution in [0.1, 0.15) is 57.4 Å². The Morgan fingerprint density at radius 3 is 2.47 bits per heavy atom. The van der Waals surface area contributed by atoms with Gasteiger partial charge in [0.15, 0.2) is 0 Å². The number of amides is 1. The smallest absolute Gasteiger partial charge is 0.235 e. The van der Waals surface area contributed by atoms with E-state index in [2.05, 4.69) is 17.1 Å². The zero-order valence-electron chi connectivity index (χ0n) is 19.1. The Kier molecular flexibility index (Phi) is 7.75. The van der Waals surface area contributed by atoms with Gasteiger partial charge in [-0.05, 0) is 80.1 Å². The van der Waals surface area contributed by atoms with Gasteiger partial charge < -0.3 is 10.1 Å². The van der Waals surface area contributed by atoms with E-state index >= 15 is 0 Å². The number of ether oxygens (including phenoxy) is 1. The van der Waals surface area contributed by atoms with Gasteiger partial charge in [0.05, 0.1) is 5.41 Å². The average molecular weight is 455 g/mol. The fourth-order valence-electron chi connectivity index (χ4n) is 5.24. The average Bonchev–Trinajstić information content (AvgIpc) is 2.81. The first-order chi connectivity index (χ1) is 15.5. The summed E-state index contributed by atoms with van der Waals surface area (Å²) in [6.45, 7) is 6.33. The van der Waals surface area contributed by atoms with E-state index in [1.54, 1.807) is 0 Å². The maximum absolute atomic E-state index is 13.5. The van der Waals surface area contributed by atoms with Gasteiger partial charge in [0.1, 0.15) is 12.4 Å². The molecule has 2 aliphatic rings. The number of anilines is 1. The number of nitrogens with zero attached hydrogens (tertiary/aromatic N) is 1. The van der Waals surface area contributed by atoms with Crippen LogP contribution in [0.15, 0.2) is 48.5 Å². The molecule has 2 aromatic carbocycles. The van der Waals surface area contributed by atoms with Crippen LogP contribution in [0.25, 0.3) is 0 Å². The normalized spacial score (nSPS) is 21.1. The van der Waals surface area contributed by atoms with E-state index in [0.717, 1.165) is 55.1 Å². The number of halogens is 1. The minimum absolute atomic E-state index is 0.0763. The van der Waals surface area contributed by atoms with Crippen LogP contribution >= 0.6 is 11.6 Å². The minimum atomic E-state index is -0.483. The second-order valence-corrected chi connectivity index (χ2v) is 9.96. The van der Waals surface area contributed by atoms with E-state index in [4.69, 9.17) is 16.3 Å². The van der Waals surface area contributed by atoms with Crippen LogP contribution in [0.5, 0.6) is 5.75 Å². The Balaban J connectivity index is 1.35. The first-order valence-corrected chi connectivity index (χ1v) is 12.5. The lowest BCUT2D eigenvalue weighted by molar-refractivity contribution is -0.122. The minimum Gasteiger partial charge on any atom is -0.492 e. The van der Waals surface area contributed by atoms with Gasteiger partial charge in [-0.15, -0.1) is 0 Å². The van der Waals surface area contributed by atoms with Crippen LogP contribution in [-0.2, 0) is 10.2 Å². The van der Waals surface area contributed by atoms with Crippen LogP contribution in [0.4, 0.5) is 5.69 Å². The van der Waals surface area contributed by atoms with Crippen molar-refractivity contribution in [2.24, 2.45) is 5.92 Å². The standard InChI is InChI=1S/C27H35ClN2O2/c1-21-6-5-17-30(20-21)18-19-32-25-13-11-24(12-14-25)29-26(31)27(15-3-2-4-16-27)22-7-9-23(28)10-8-22/h7-14,21H,2-6,15-20H2,1H3,(H,29,31)/t21-/m0/s1. The van der Waals surface area contributed by atoms with E-state index in [1.807, 2.05) is 48.5 Å². The highest BCUT2D eigenvalue weighted by atomic mass is 35.5. The molecule has 4 rings (SSSR count). The summed E-state index contributed by atoms with van der Waals surface area (Å²) in [6.07, 6.45) is 7.69. The summed E-state index contributed by atoms with van der Waals surface area (Å²) in [5.74, 6) is 1.71. The van der Waals surface area contributed by atoms with Crippen molar-refractivity contribution >= 4 is 23.2 Å². The number of benzene rings is 2. The molecule has 5 heteroatoms. The van der Waals surface area contributed by atoms with Crippen LogP contribution in [0, 0.1) is 5.92 Å². The van der Waals surface area contributed by atoms with E-state index in [1.165, 1.54) is 32.4 Å². The second-order valence-electron chi connectivity index (χ2n) is 9.52. The predicted octanol–water partition coefficient (Wildman–Crippen LogP) is 6.29. The number of hydrogen-bond acceptors (Lipinski definition) is 3. The third-order valence-corrected chi connectivity index (χ3v) is 7.32. The maximum Gasteiger partial charge on any atom is 0.235 e. The molecule has 32 heavy (non-hydrogen) atoms. The lowest BCUT2D eigenvalue weighted by Gasteiger charge is -2.36. The van der Waals surface area contributed by atoms with Gasteiger partial charge in [-0.25, -0.2) is 0 Å². The zero-order chi connectivity index (χ0) is 22.4. The van der Waals surface area contributed by atoms with Crippen molar-refractivity contribution in [3.63, 3.8) is 0 Å². The fraction of sp³-hybridized carbons (Fsp3) is 0.519. The molecule has 0 radical (unpaired) electrons. The predicted molar refractivity (Wildman–Crippen MR) is 132 cm³/mol. The molecule has 0 spiro atoms. The van der Waals surface area contributed by atoms with Crippen molar-refractivity contribution in [3.05, 3.63) is 59.1 Å². The first kappa shape index (κ1) is 23.1. The Bertz CT molecular complexity index is 876. The molecule has 0 aromatic heterocycles. The molecule has 4 nitrogen and oxygen atoms in total. The van der Waals surface area contributed by atoms with Crippen LogP contribution in [0.3, 0.4) is 0 Å². The second kappa shape index (κ2) is 10.7. The SMILES string of the molecule is C[C@H]1CCCN(CCOc2ccc(NC(=O)C3(c4ccc(Cl)cc4)CCCCC3)cc2)C1. The van der Waals surface area contributed by atoms with Crippen LogP contribution in [-0.4, -0.2) is 37.0 Å². The molecular weight excluding hydrogens is 420 g/mol. The third kappa shape index (κ3) is 5.65. The Morgan fingerprint density at radius 1 is 1.06 bits per heavy atom. The van der Waals surface area contributed by atoms with Gasteiger partial charge in [0.25, 0.3) is 0 Å². The van der Waals surface area contributed by atoms with Crippen LogP contribution < -0.4 is 10.1 Å². The molecule has 1 amide bonds. The summed E-state index contributed by atoms with van der Waals surface area (Å²) in [6, 6.07) is 15.6. The highest BCUT2D eigenvalue weighted by Crippen LogP contribution is 2.41. The first-order valence-electron chi connectivity index (χ1n) is 12.1. The van der Waals surface area contributed by atoms with E-state index < -0.39 is 5.41 Å². The van der Waals surface area contributed by atoms with E-state index in [9.17, 15) is 4.79 Å². The largest absolute Gasteiger partial charge is 0.492 e. The van der Waals surface area contributed by atoms with Gasteiger partial charge in [-0.3, -0.25) is 9.69 Å². The molecular formula is C27H35ClN2O2. The molecule has 1 saturated carbocycles. The molecule has 2 aromatic rings. The maximum atomic E-state index is 13.5. The number of nitrogens with one attached hydrogen (secondary N) is 1. The highest BCUT2D eigenvalue weighted by Gasteiger charge is 2.41. The highest BCUT2D eigenvalue weighted by molar-refractivity contribution is 6.30. The van der Waals surface area contributed by atoms with Gasteiger partial charge >= 0.3 is 0 Å². The topological polar surface area (TPSA) is 41.6 Å². The summed E-state index contributed by atoms with van der Waals surface area (Å²) in [5.41, 5.74) is 1.39. The Morgan fingerprint density at radius 2 is 1.78 bits per heavy atom. The zero-order valence-corrected chi connectivity index (χ0v) is 19.9. The summed E-state index contributed by atoms with van der Waals surface area (Å²) < 4.78 is 5.95. The molecule has 172 valence electrons. The molecule has 0 unspecified atom stereocenters. The molecule has 2 fully saturated rings. The Hall–Kier alpha value is -2.04. The number of hydrogen-bond donors (Lipinski definition) is 1. The number of carbonyl (C=O) groups excluding carboxylic acids is 1. The molecule has 1 N–H and O–H groups in total. The van der Waals surface area contributed by atoms with Crippen molar-refractivity contribution in [3.8, 4) is 5.75 Å². The summed E-state index contributed by atoms with van der Waals surface area (Å²) in [4.78, 5) is 15.9. The lowest BCUT2D eigenvalue weighted by Crippen LogP contribution is -2.42. The van der Waals surface area contributed by atoms with E-state index in [0.29, 0.717) is 11.6 Å². The van der Waals surface area contributed by atoms with Crippen LogP contribution in [0.2, 0.25) is 5.02 Å². The van der Waals surface area contributed by atoms with E-state index in [-0.39, 0.29) is 5.91 Å². The molecule has 1 heterocycles. The van der Waals surface area contributed by atoms with Crippen molar-refractivity contribution in [1.29, 1.82) is 0 Å². The molecule has 1 saturated heterocycles. The number of likely N-dealkylation sites (tertiary alicyclic amines) is 1. The van der Waals surface area contributed by atoms with Gasteiger partial charge in [0, 0.05) is 23.8 Å². The summed E-state index contributed by atoms with van der Waals surface area (Å²) in [7, 11) is 0. The van der Waals surface area contributed by atoms with Gasteiger partial charge in [-0.2, -0.15) is 0 Å². The fourth-order valence-corrected chi connectivity index (χ4v) is 5.36. The van der Waals surface area contributed by atoms with Crippen molar-refractivity contribution in [1.82, 2.24) is 4.90 Å². The third-order valence-electron chi connectivity index (χ3n) is 7.07. The van der Waals surface area contributed by atoms with Gasteiger partial charge in [-0.1, -0.05) is 49.9 Å². The molecule has 1 atom stereocenters. The number of piperidine rings is 1. The van der Waals surface area contributed by atoms with Gasteiger partial charge in [0.2, 0.25) is 5.91 Å². The monoisotopic (exact) mass is 454 g/mol. The number of rotatable bonds is 7. The summed E-state index contributed by atoms with van der Waals surface area (Å²) in [5, 5.41) is 3.87. The quantitative estimate of drug-likeness (QED) is 0.534. The molecule has 1 aliphatic heterocycles. The van der Waals surface area contributed by atoms with Crippen molar-refractivity contribution in [2.45, 2.75) is 57.3 Å². The summed E-state index contributed by atoms with van der Waals surface area (Å²) >= 11 is 6.09. The Labute approximate surface area is 197 Å². The number of carbonyl (C=O) groups is 1. The lowest BCUT2D eigenvalue weighted by atomic mass is 9.68.